The molecule has 0 aliphatic carbocycles. The van der Waals surface area contributed by atoms with Crippen LogP contribution in [0, 0.1) is 0 Å². The van der Waals surface area contributed by atoms with Crippen molar-refractivity contribution in [3.63, 3.8) is 0 Å². The van der Waals surface area contributed by atoms with E-state index >= 15 is 0 Å². The van der Waals surface area contributed by atoms with Crippen LogP contribution in [0.1, 0.15) is 18.7 Å². The van der Waals surface area contributed by atoms with E-state index in [4.69, 9.17) is 9.26 Å². The number of rotatable bonds is 7. The Bertz CT molecular complexity index is 878. The number of halogens is 1. The molecule has 1 N–H and O–H groups in total. The lowest BCUT2D eigenvalue weighted by Gasteiger charge is -2.04. The molecule has 2 aromatic carbocycles. The second-order valence-corrected chi connectivity index (χ2v) is 6.54. The molecule has 0 saturated heterocycles. The molecular weight excluding hydrogens is 398 g/mol. The SMILES string of the molecule is COc1ccccc1-c1noc(CCCC(=O)Nc2ccc(Br)cc2)n1. The number of para-hydroxylation sites is 1. The van der Waals surface area contributed by atoms with Gasteiger partial charge < -0.3 is 14.6 Å². The Kier molecular flexibility index (Phi) is 6.01. The summed E-state index contributed by atoms with van der Waals surface area (Å²) in [6, 6.07) is 14.9. The Labute approximate surface area is 159 Å². The van der Waals surface area contributed by atoms with Crippen molar-refractivity contribution in [3.8, 4) is 17.1 Å². The summed E-state index contributed by atoms with van der Waals surface area (Å²) in [6.45, 7) is 0. The maximum Gasteiger partial charge on any atom is 0.226 e. The van der Waals surface area contributed by atoms with Gasteiger partial charge in [0.2, 0.25) is 17.6 Å². The van der Waals surface area contributed by atoms with Crippen LogP contribution >= 0.6 is 15.9 Å². The van der Waals surface area contributed by atoms with Crippen LogP contribution in [0.4, 0.5) is 5.69 Å². The lowest BCUT2D eigenvalue weighted by Crippen LogP contribution is -2.11. The van der Waals surface area contributed by atoms with Gasteiger partial charge in [0, 0.05) is 23.0 Å². The van der Waals surface area contributed by atoms with E-state index in [0.29, 0.717) is 36.7 Å². The fourth-order valence-corrected chi connectivity index (χ4v) is 2.72. The highest BCUT2D eigenvalue weighted by molar-refractivity contribution is 9.10. The van der Waals surface area contributed by atoms with Gasteiger partial charge in [0.05, 0.1) is 12.7 Å². The summed E-state index contributed by atoms with van der Waals surface area (Å²) >= 11 is 3.36. The van der Waals surface area contributed by atoms with Crippen molar-refractivity contribution in [3.05, 3.63) is 58.9 Å². The molecule has 0 unspecified atom stereocenters. The van der Waals surface area contributed by atoms with Crippen molar-refractivity contribution in [2.45, 2.75) is 19.3 Å². The summed E-state index contributed by atoms with van der Waals surface area (Å²) in [4.78, 5) is 16.4. The molecule has 0 aliphatic heterocycles. The van der Waals surface area contributed by atoms with E-state index in [1.165, 1.54) is 0 Å². The van der Waals surface area contributed by atoms with Crippen LogP contribution in [0.5, 0.6) is 5.75 Å². The molecule has 7 heteroatoms. The minimum Gasteiger partial charge on any atom is -0.496 e. The Morgan fingerprint density at radius 1 is 1.19 bits per heavy atom. The predicted molar refractivity (Wildman–Crippen MR) is 102 cm³/mol. The first-order chi connectivity index (χ1) is 12.7. The minimum atomic E-state index is -0.0446. The summed E-state index contributed by atoms with van der Waals surface area (Å²) in [5.74, 6) is 1.63. The minimum absolute atomic E-state index is 0.0446. The number of hydrogen-bond donors (Lipinski definition) is 1. The van der Waals surface area contributed by atoms with E-state index in [1.54, 1.807) is 7.11 Å². The van der Waals surface area contributed by atoms with Crippen molar-refractivity contribution in [1.82, 2.24) is 10.1 Å². The van der Waals surface area contributed by atoms with Gasteiger partial charge in [-0.25, -0.2) is 0 Å². The summed E-state index contributed by atoms with van der Waals surface area (Å²) in [5, 5.41) is 6.86. The van der Waals surface area contributed by atoms with Crippen LogP contribution in [0.15, 0.2) is 57.5 Å². The smallest absolute Gasteiger partial charge is 0.226 e. The molecule has 0 bridgehead atoms. The number of amides is 1. The lowest BCUT2D eigenvalue weighted by atomic mass is 10.2. The van der Waals surface area contributed by atoms with Gasteiger partial charge in [-0.1, -0.05) is 33.2 Å². The summed E-state index contributed by atoms with van der Waals surface area (Å²) in [5.41, 5.74) is 1.55. The van der Waals surface area contributed by atoms with E-state index in [0.717, 1.165) is 15.7 Å². The highest BCUT2D eigenvalue weighted by atomic mass is 79.9. The lowest BCUT2D eigenvalue weighted by molar-refractivity contribution is -0.116. The van der Waals surface area contributed by atoms with Crippen LogP contribution < -0.4 is 10.1 Å². The first-order valence-corrected chi connectivity index (χ1v) is 8.96. The summed E-state index contributed by atoms with van der Waals surface area (Å²) < 4.78 is 11.6. The average molecular weight is 416 g/mol. The van der Waals surface area contributed by atoms with Gasteiger partial charge in [-0.05, 0) is 42.8 Å². The Morgan fingerprint density at radius 3 is 2.73 bits per heavy atom. The molecule has 26 heavy (non-hydrogen) atoms. The number of benzene rings is 2. The molecule has 3 rings (SSSR count). The molecule has 1 aromatic heterocycles. The topological polar surface area (TPSA) is 77.2 Å². The normalized spacial score (nSPS) is 10.5. The van der Waals surface area contributed by atoms with Crippen molar-refractivity contribution in [1.29, 1.82) is 0 Å². The third-order valence-corrected chi connectivity index (χ3v) is 4.27. The van der Waals surface area contributed by atoms with Gasteiger partial charge in [0.25, 0.3) is 0 Å². The van der Waals surface area contributed by atoms with Crippen LogP contribution in [0.3, 0.4) is 0 Å². The van der Waals surface area contributed by atoms with E-state index in [1.807, 2.05) is 48.5 Å². The molecule has 1 amide bonds. The van der Waals surface area contributed by atoms with Gasteiger partial charge in [-0.3, -0.25) is 4.79 Å². The molecule has 6 nitrogen and oxygen atoms in total. The van der Waals surface area contributed by atoms with Crippen molar-refractivity contribution in [2.75, 3.05) is 12.4 Å². The number of anilines is 1. The van der Waals surface area contributed by atoms with E-state index in [2.05, 4.69) is 31.4 Å². The Balaban J connectivity index is 1.52. The van der Waals surface area contributed by atoms with Gasteiger partial charge >= 0.3 is 0 Å². The number of nitrogens with one attached hydrogen (secondary N) is 1. The van der Waals surface area contributed by atoms with Gasteiger partial charge in [0.15, 0.2) is 0 Å². The first-order valence-electron chi connectivity index (χ1n) is 8.17. The number of aryl methyl sites for hydroxylation is 1. The predicted octanol–water partition coefficient (Wildman–Crippen LogP) is 4.47. The molecule has 0 spiro atoms. The Morgan fingerprint density at radius 2 is 1.96 bits per heavy atom. The molecular formula is C19H18BrN3O3. The molecule has 134 valence electrons. The highest BCUT2D eigenvalue weighted by Gasteiger charge is 2.13. The van der Waals surface area contributed by atoms with Gasteiger partial charge in [0.1, 0.15) is 5.75 Å². The number of nitrogens with zero attached hydrogens (tertiary/aromatic N) is 2. The van der Waals surface area contributed by atoms with Gasteiger partial charge in [-0.2, -0.15) is 4.98 Å². The zero-order valence-electron chi connectivity index (χ0n) is 14.2. The number of carbonyl (C=O) groups is 1. The molecule has 1 heterocycles. The highest BCUT2D eigenvalue weighted by Crippen LogP contribution is 2.27. The van der Waals surface area contributed by atoms with E-state index < -0.39 is 0 Å². The number of aromatic nitrogens is 2. The zero-order valence-corrected chi connectivity index (χ0v) is 15.8. The fraction of sp³-hybridized carbons (Fsp3) is 0.211. The maximum atomic E-state index is 12.0. The number of methoxy groups -OCH3 is 1. The quantitative estimate of drug-likeness (QED) is 0.615. The zero-order chi connectivity index (χ0) is 18.4. The standard InChI is InChI=1S/C19H18BrN3O3/c1-25-16-6-3-2-5-15(16)19-22-18(26-23-19)8-4-7-17(24)21-14-11-9-13(20)10-12-14/h2-3,5-6,9-12H,4,7-8H2,1H3,(H,21,24). The molecule has 3 aromatic rings. The summed E-state index contributed by atoms with van der Waals surface area (Å²) in [6.07, 6.45) is 1.54. The van der Waals surface area contributed by atoms with E-state index in [9.17, 15) is 4.79 Å². The first kappa shape index (κ1) is 18.1. The maximum absolute atomic E-state index is 12.0. The number of ether oxygens (including phenoxy) is 1. The number of hydrogen-bond acceptors (Lipinski definition) is 5. The van der Waals surface area contributed by atoms with Crippen molar-refractivity contribution >= 4 is 27.5 Å². The second kappa shape index (κ2) is 8.62. The molecule has 0 atom stereocenters. The third-order valence-electron chi connectivity index (χ3n) is 3.74. The molecule has 0 fully saturated rings. The summed E-state index contributed by atoms with van der Waals surface area (Å²) in [7, 11) is 1.60. The largest absolute Gasteiger partial charge is 0.496 e. The number of carbonyl (C=O) groups excluding carboxylic acids is 1. The Hall–Kier alpha value is -2.67. The average Bonchev–Trinajstić information content (AvgIpc) is 3.12. The van der Waals surface area contributed by atoms with Gasteiger partial charge in [-0.15, -0.1) is 0 Å². The molecule has 0 saturated carbocycles. The fourth-order valence-electron chi connectivity index (χ4n) is 2.45. The van der Waals surface area contributed by atoms with Crippen LogP contribution in [-0.2, 0) is 11.2 Å². The van der Waals surface area contributed by atoms with Crippen LogP contribution in [0.2, 0.25) is 0 Å². The van der Waals surface area contributed by atoms with Crippen molar-refractivity contribution < 1.29 is 14.1 Å². The third kappa shape index (κ3) is 4.70. The molecule has 0 radical (unpaired) electrons. The van der Waals surface area contributed by atoms with Crippen LogP contribution in [0.25, 0.3) is 11.4 Å². The molecule has 0 aliphatic rings. The monoisotopic (exact) mass is 415 g/mol. The van der Waals surface area contributed by atoms with Crippen molar-refractivity contribution in [2.24, 2.45) is 0 Å². The second-order valence-electron chi connectivity index (χ2n) is 5.62. The van der Waals surface area contributed by atoms with E-state index in [-0.39, 0.29) is 5.91 Å². The van der Waals surface area contributed by atoms with Crippen LogP contribution in [-0.4, -0.2) is 23.2 Å².